The first kappa shape index (κ1) is 21.7. The number of rotatable bonds is 7. The van der Waals surface area contributed by atoms with Crippen molar-refractivity contribution in [3.63, 3.8) is 0 Å². The molecule has 2 N–H and O–H groups in total. The average Bonchev–Trinajstić information content (AvgIpc) is 3.37. The summed E-state index contributed by atoms with van der Waals surface area (Å²) in [6, 6.07) is 19.7. The Kier molecular flexibility index (Phi) is 6.34. The summed E-state index contributed by atoms with van der Waals surface area (Å²) < 4.78 is 5.19. The molecule has 0 radical (unpaired) electrons. The predicted molar refractivity (Wildman–Crippen MR) is 128 cm³/mol. The van der Waals surface area contributed by atoms with Gasteiger partial charge in [-0.2, -0.15) is 0 Å². The van der Waals surface area contributed by atoms with Gasteiger partial charge in [-0.05, 0) is 65.8 Å². The molecule has 4 rings (SSSR count). The van der Waals surface area contributed by atoms with Crippen LogP contribution in [0.5, 0.6) is 5.75 Å². The molecular formula is C24H20N2O4S2. The van der Waals surface area contributed by atoms with E-state index in [0.717, 1.165) is 31.5 Å². The zero-order valence-corrected chi connectivity index (χ0v) is 18.8. The summed E-state index contributed by atoms with van der Waals surface area (Å²) in [6.45, 7) is 0. The van der Waals surface area contributed by atoms with Crippen molar-refractivity contribution in [1.29, 1.82) is 0 Å². The second-order valence-electron chi connectivity index (χ2n) is 7.14. The molecule has 162 valence electrons. The Balaban J connectivity index is 1.55. The zero-order valence-electron chi connectivity index (χ0n) is 17.1. The standard InChI is InChI=1S/C24H20N2O4S2/c1-30-17-9-7-16(8-10-17)21-12-11-18(32-21)14-19-22(27)26(24(31)25-19)20(23(28)29)13-15-5-3-2-4-6-15/h2-12,14,20H,13H2,1H3,(H,25,31)(H,28,29)/b19-14-. The SMILES string of the molecule is COc1ccc(-c2ccc(/C=C3\NC(=S)N(C(Cc4ccccc4)C(=O)O)C3=O)s2)cc1. The molecule has 3 aromatic rings. The Morgan fingerprint density at radius 3 is 2.53 bits per heavy atom. The van der Waals surface area contributed by atoms with Gasteiger partial charge in [0.25, 0.3) is 5.91 Å². The van der Waals surface area contributed by atoms with Gasteiger partial charge in [0, 0.05) is 16.2 Å². The highest BCUT2D eigenvalue weighted by Crippen LogP contribution is 2.31. The minimum atomic E-state index is -1.11. The van der Waals surface area contributed by atoms with Crippen molar-refractivity contribution in [1.82, 2.24) is 10.2 Å². The lowest BCUT2D eigenvalue weighted by Gasteiger charge is -2.22. The van der Waals surface area contributed by atoms with Crippen LogP contribution in [0.15, 0.2) is 72.4 Å². The maximum Gasteiger partial charge on any atom is 0.327 e. The second kappa shape index (κ2) is 9.33. The lowest BCUT2D eigenvalue weighted by Crippen LogP contribution is -2.46. The Morgan fingerprint density at radius 1 is 1.16 bits per heavy atom. The van der Waals surface area contributed by atoms with Crippen LogP contribution in [0.2, 0.25) is 0 Å². The number of carbonyl (C=O) groups is 2. The lowest BCUT2D eigenvalue weighted by molar-refractivity contribution is -0.145. The van der Waals surface area contributed by atoms with Crippen LogP contribution < -0.4 is 10.1 Å². The van der Waals surface area contributed by atoms with E-state index >= 15 is 0 Å². The van der Waals surface area contributed by atoms with Crippen LogP contribution in [0.25, 0.3) is 16.5 Å². The Morgan fingerprint density at radius 2 is 1.88 bits per heavy atom. The minimum absolute atomic E-state index is 0.0940. The Labute approximate surface area is 194 Å². The summed E-state index contributed by atoms with van der Waals surface area (Å²) in [6.07, 6.45) is 1.87. The van der Waals surface area contributed by atoms with Crippen molar-refractivity contribution in [2.24, 2.45) is 0 Å². The quantitative estimate of drug-likeness (QED) is 0.404. The molecule has 2 heterocycles. The van der Waals surface area contributed by atoms with Gasteiger partial charge in [-0.25, -0.2) is 4.79 Å². The number of thiocarbonyl (C=S) groups is 1. The number of amides is 1. The number of hydrogen-bond acceptors (Lipinski definition) is 5. The maximum atomic E-state index is 13.0. The number of benzene rings is 2. The van der Waals surface area contributed by atoms with Crippen molar-refractivity contribution in [3.05, 3.63) is 82.9 Å². The Hall–Kier alpha value is -3.49. The average molecular weight is 465 g/mol. The molecule has 1 atom stereocenters. The van der Waals surface area contributed by atoms with Gasteiger partial charge in [0.05, 0.1) is 7.11 Å². The van der Waals surface area contributed by atoms with Gasteiger partial charge in [-0.15, -0.1) is 11.3 Å². The molecule has 0 saturated carbocycles. The van der Waals surface area contributed by atoms with Crippen LogP contribution >= 0.6 is 23.6 Å². The number of ether oxygens (including phenoxy) is 1. The number of carbonyl (C=O) groups excluding carboxylic acids is 1. The molecule has 1 aromatic heterocycles. The first-order valence-electron chi connectivity index (χ1n) is 9.83. The fraction of sp³-hybridized carbons (Fsp3) is 0.125. The minimum Gasteiger partial charge on any atom is -0.497 e. The number of thiophene rings is 1. The molecule has 2 aromatic carbocycles. The Bertz CT molecular complexity index is 1190. The van der Waals surface area contributed by atoms with Gasteiger partial charge in [0.1, 0.15) is 17.5 Å². The predicted octanol–water partition coefficient (Wildman–Crippen LogP) is 4.18. The second-order valence-corrected chi connectivity index (χ2v) is 8.64. The largest absolute Gasteiger partial charge is 0.497 e. The first-order valence-corrected chi connectivity index (χ1v) is 11.1. The highest BCUT2D eigenvalue weighted by molar-refractivity contribution is 7.80. The maximum absolute atomic E-state index is 13.0. The molecule has 1 saturated heterocycles. The van der Waals surface area contributed by atoms with Gasteiger partial charge in [-0.3, -0.25) is 9.69 Å². The van der Waals surface area contributed by atoms with Crippen molar-refractivity contribution in [2.75, 3.05) is 7.11 Å². The molecule has 1 aliphatic heterocycles. The number of nitrogens with zero attached hydrogens (tertiary/aromatic N) is 1. The third-order valence-corrected chi connectivity index (χ3v) is 6.45. The van der Waals surface area contributed by atoms with Gasteiger partial charge in [0.2, 0.25) is 0 Å². The van der Waals surface area contributed by atoms with E-state index in [4.69, 9.17) is 17.0 Å². The number of nitrogens with one attached hydrogen (secondary N) is 1. The van der Waals surface area contributed by atoms with E-state index in [1.54, 1.807) is 13.2 Å². The number of aliphatic carboxylic acids is 1. The fourth-order valence-corrected chi connectivity index (χ4v) is 4.72. The molecular weight excluding hydrogens is 444 g/mol. The normalized spacial score (nSPS) is 15.7. The molecule has 0 spiro atoms. The fourth-order valence-electron chi connectivity index (χ4n) is 3.44. The molecule has 32 heavy (non-hydrogen) atoms. The molecule has 8 heteroatoms. The van der Waals surface area contributed by atoms with Gasteiger partial charge >= 0.3 is 5.97 Å². The number of carboxylic acids is 1. The zero-order chi connectivity index (χ0) is 22.7. The molecule has 1 unspecified atom stereocenters. The highest BCUT2D eigenvalue weighted by Gasteiger charge is 2.39. The number of hydrogen-bond donors (Lipinski definition) is 2. The smallest absolute Gasteiger partial charge is 0.327 e. The van der Waals surface area contributed by atoms with Crippen LogP contribution in [-0.2, 0) is 16.0 Å². The third kappa shape index (κ3) is 4.56. The molecule has 1 fully saturated rings. The summed E-state index contributed by atoms with van der Waals surface area (Å²) in [5.74, 6) is -0.770. The monoisotopic (exact) mass is 464 g/mol. The lowest BCUT2D eigenvalue weighted by atomic mass is 10.0. The number of carboxylic acid groups (broad SMARTS) is 1. The van der Waals surface area contributed by atoms with E-state index in [9.17, 15) is 14.7 Å². The van der Waals surface area contributed by atoms with Gasteiger partial charge < -0.3 is 15.2 Å². The van der Waals surface area contributed by atoms with Gasteiger partial charge in [-0.1, -0.05) is 30.3 Å². The summed E-state index contributed by atoms with van der Waals surface area (Å²) in [5.41, 5.74) is 2.12. The van der Waals surface area contributed by atoms with Crippen molar-refractivity contribution < 1.29 is 19.4 Å². The summed E-state index contributed by atoms with van der Waals surface area (Å²) in [4.78, 5) is 28.0. The van der Waals surface area contributed by atoms with Crippen LogP contribution in [-0.4, -0.2) is 40.1 Å². The van der Waals surface area contributed by atoms with Crippen LogP contribution in [0.1, 0.15) is 10.4 Å². The summed E-state index contributed by atoms with van der Waals surface area (Å²) >= 11 is 6.83. The van der Waals surface area contributed by atoms with E-state index in [1.165, 1.54) is 11.3 Å². The summed E-state index contributed by atoms with van der Waals surface area (Å²) in [7, 11) is 1.62. The molecule has 0 bridgehead atoms. The molecule has 6 nitrogen and oxygen atoms in total. The van der Waals surface area contributed by atoms with Crippen LogP contribution in [0, 0.1) is 0 Å². The van der Waals surface area contributed by atoms with E-state index in [-0.39, 0.29) is 17.2 Å². The highest BCUT2D eigenvalue weighted by atomic mass is 32.1. The van der Waals surface area contributed by atoms with E-state index < -0.39 is 17.9 Å². The first-order chi connectivity index (χ1) is 15.5. The van der Waals surface area contributed by atoms with Crippen molar-refractivity contribution in [2.45, 2.75) is 12.5 Å². The van der Waals surface area contributed by atoms with Crippen molar-refractivity contribution in [3.8, 4) is 16.2 Å². The third-order valence-electron chi connectivity index (χ3n) is 5.07. The van der Waals surface area contributed by atoms with E-state index in [1.807, 2.05) is 66.7 Å². The van der Waals surface area contributed by atoms with Gasteiger partial charge in [0.15, 0.2) is 5.11 Å². The molecule has 0 aliphatic carbocycles. The van der Waals surface area contributed by atoms with E-state index in [2.05, 4.69) is 5.32 Å². The topological polar surface area (TPSA) is 78.9 Å². The summed E-state index contributed by atoms with van der Waals surface area (Å²) in [5, 5.41) is 12.7. The van der Waals surface area contributed by atoms with E-state index in [0.29, 0.717) is 0 Å². The van der Waals surface area contributed by atoms with Crippen LogP contribution in [0.3, 0.4) is 0 Å². The molecule has 1 aliphatic rings. The van der Waals surface area contributed by atoms with Crippen molar-refractivity contribution >= 4 is 46.6 Å². The molecule has 1 amide bonds. The number of methoxy groups -OCH3 is 1. The van der Waals surface area contributed by atoms with Crippen LogP contribution in [0.4, 0.5) is 0 Å².